The summed E-state index contributed by atoms with van der Waals surface area (Å²) in [4.78, 5) is 11.6. The van der Waals surface area contributed by atoms with Gasteiger partial charge in [0, 0.05) is 6.54 Å². The predicted octanol–water partition coefficient (Wildman–Crippen LogP) is 0.999. The number of nitrogens with zero attached hydrogens (tertiary/aromatic N) is 2. The lowest BCUT2D eigenvalue weighted by atomic mass is 10.2. The number of aryl methyl sites for hydroxylation is 1. The zero-order chi connectivity index (χ0) is 10.1. The van der Waals surface area contributed by atoms with Gasteiger partial charge in [-0.25, -0.2) is 0 Å². The van der Waals surface area contributed by atoms with Crippen molar-refractivity contribution in [1.29, 1.82) is 0 Å². The van der Waals surface area contributed by atoms with E-state index in [0.29, 0.717) is 11.9 Å². The maximum absolute atomic E-state index is 11.6. The Labute approximate surface area is 81.0 Å². The van der Waals surface area contributed by atoms with Gasteiger partial charge >= 0.3 is 0 Å². The predicted molar refractivity (Wildman–Crippen MR) is 56.1 cm³/mol. The van der Waals surface area contributed by atoms with Crippen molar-refractivity contribution in [2.24, 2.45) is 0 Å². The standard InChI is InChI=1S/C10H11N3O/c1-2-13-8-6-4-3-5-7(8)9(14)10(11)12-13/h3-6H,2H2,1H3,(H2,11,12). The van der Waals surface area contributed by atoms with E-state index in [0.717, 1.165) is 5.52 Å². The molecule has 2 N–H and O–H groups in total. The van der Waals surface area contributed by atoms with Gasteiger partial charge in [-0.15, -0.1) is 0 Å². The van der Waals surface area contributed by atoms with Crippen LogP contribution in [0.1, 0.15) is 6.92 Å². The van der Waals surface area contributed by atoms with Crippen LogP contribution in [0, 0.1) is 0 Å². The summed E-state index contributed by atoms with van der Waals surface area (Å²) in [7, 11) is 0. The molecule has 72 valence electrons. The molecule has 0 amide bonds. The third kappa shape index (κ3) is 1.16. The number of anilines is 1. The fraction of sp³-hybridized carbons (Fsp3) is 0.200. The lowest BCUT2D eigenvalue weighted by molar-refractivity contribution is 0.673. The first kappa shape index (κ1) is 8.74. The highest BCUT2D eigenvalue weighted by Gasteiger charge is 2.05. The van der Waals surface area contributed by atoms with Gasteiger partial charge in [-0.2, -0.15) is 5.10 Å². The molecule has 4 heteroatoms. The molecule has 0 aliphatic rings. The van der Waals surface area contributed by atoms with Gasteiger partial charge in [0.15, 0.2) is 5.82 Å². The van der Waals surface area contributed by atoms with Crippen LogP contribution in [0.4, 0.5) is 5.82 Å². The third-order valence-electron chi connectivity index (χ3n) is 2.19. The fourth-order valence-corrected chi connectivity index (χ4v) is 1.50. The second-order valence-electron chi connectivity index (χ2n) is 3.05. The number of hydrogen-bond acceptors (Lipinski definition) is 3. The molecule has 2 rings (SSSR count). The molecular formula is C10H11N3O. The molecule has 4 nitrogen and oxygen atoms in total. The van der Waals surface area contributed by atoms with Crippen molar-refractivity contribution in [2.45, 2.75) is 13.5 Å². The van der Waals surface area contributed by atoms with Gasteiger partial charge < -0.3 is 5.73 Å². The molecule has 0 radical (unpaired) electrons. The third-order valence-corrected chi connectivity index (χ3v) is 2.19. The van der Waals surface area contributed by atoms with Crippen molar-refractivity contribution < 1.29 is 0 Å². The topological polar surface area (TPSA) is 60.9 Å². The van der Waals surface area contributed by atoms with E-state index in [2.05, 4.69) is 5.10 Å². The molecule has 0 fully saturated rings. The minimum absolute atomic E-state index is 0.0607. The van der Waals surface area contributed by atoms with Crippen molar-refractivity contribution in [3.63, 3.8) is 0 Å². The summed E-state index contributed by atoms with van der Waals surface area (Å²) in [6.45, 7) is 2.66. The molecule has 0 bridgehead atoms. The lowest BCUT2D eigenvalue weighted by Crippen LogP contribution is -2.17. The van der Waals surface area contributed by atoms with Crippen molar-refractivity contribution >= 4 is 16.7 Å². The Bertz CT molecular complexity index is 530. The highest BCUT2D eigenvalue weighted by atomic mass is 16.1. The van der Waals surface area contributed by atoms with Crippen LogP contribution in [0.5, 0.6) is 0 Å². The largest absolute Gasteiger partial charge is 0.379 e. The van der Waals surface area contributed by atoms with Crippen LogP contribution in [-0.4, -0.2) is 9.78 Å². The normalized spacial score (nSPS) is 10.6. The smallest absolute Gasteiger partial charge is 0.231 e. The molecule has 0 spiro atoms. The summed E-state index contributed by atoms with van der Waals surface area (Å²) in [5, 5.41) is 4.63. The summed E-state index contributed by atoms with van der Waals surface area (Å²) in [6, 6.07) is 7.34. The van der Waals surface area contributed by atoms with Gasteiger partial charge in [-0.05, 0) is 19.1 Å². The zero-order valence-corrected chi connectivity index (χ0v) is 7.90. The van der Waals surface area contributed by atoms with Crippen molar-refractivity contribution in [1.82, 2.24) is 9.78 Å². The molecule has 0 saturated heterocycles. The first-order valence-corrected chi connectivity index (χ1v) is 4.49. The van der Waals surface area contributed by atoms with E-state index in [-0.39, 0.29) is 11.2 Å². The average molecular weight is 189 g/mol. The minimum Gasteiger partial charge on any atom is -0.379 e. The SMILES string of the molecule is CCn1nc(N)c(=O)c2ccccc21. The first-order chi connectivity index (χ1) is 6.74. The molecule has 1 aromatic carbocycles. The number of nitrogen functional groups attached to an aromatic ring is 1. The Morgan fingerprint density at radius 2 is 2.14 bits per heavy atom. The lowest BCUT2D eigenvalue weighted by Gasteiger charge is -2.07. The van der Waals surface area contributed by atoms with Crippen molar-refractivity contribution in [2.75, 3.05) is 5.73 Å². The number of aromatic nitrogens is 2. The highest BCUT2D eigenvalue weighted by molar-refractivity contribution is 5.80. The van der Waals surface area contributed by atoms with E-state index in [1.54, 1.807) is 10.7 Å². The fourth-order valence-electron chi connectivity index (χ4n) is 1.50. The summed E-state index contributed by atoms with van der Waals surface area (Å²) >= 11 is 0. The Morgan fingerprint density at radius 1 is 1.43 bits per heavy atom. The minimum atomic E-state index is -0.190. The molecule has 14 heavy (non-hydrogen) atoms. The number of rotatable bonds is 1. The Balaban J connectivity index is 2.97. The van der Waals surface area contributed by atoms with E-state index in [1.807, 2.05) is 25.1 Å². The number of nitrogens with two attached hydrogens (primary N) is 1. The molecule has 0 saturated carbocycles. The maximum atomic E-state index is 11.6. The van der Waals surface area contributed by atoms with Crippen molar-refractivity contribution in [3.8, 4) is 0 Å². The average Bonchev–Trinajstić information content (AvgIpc) is 2.23. The quantitative estimate of drug-likeness (QED) is 0.728. The van der Waals surface area contributed by atoms with E-state index in [9.17, 15) is 4.79 Å². The molecule has 2 aromatic rings. The summed E-state index contributed by atoms with van der Waals surface area (Å²) in [5.74, 6) is 0.0607. The highest BCUT2D eigenvalue weighted by Crippen LogP contribution is 2.09. The molecular weight excluding hydrogens is 178 g/mol. The van der Waals surface area contributed by atoms with E-state index in [1.165, 1.54) is 0 Å². The Kier molecular flexibility index (Phi) is 1.96. The van der Waals surface area contributed by atoms with Crippen LogP contribution >= 0.6 is 0 Å². The second-order valence-corrected chi connectivity index (χ2v) is 3.05. The molecule has 0 aliphatic heterocycles. The van der Waals surface area contributed by atoms with E-state index >= 15 is 0 Å². The number of benzene rings is 1. The first-order valence-electron chi connectivity index (χ1n) is 4.49. The van der Waals surface area contributed by atoms with Crippen molar-refractivity contribution in [3.05, 3.63) is 34.5 Å². The molecule has 1 heterocycles. The van der Waals surface area contributed by atoms with Crippen LogP contribution < -0.4 is 11.2 Å². The molecule has 0 aliphatic carbocycles. The van der Waals surface area contributed by atoms with Crippen LogP contribution in [0.2, 0.25) is 0 Å². The maximum Gasteiger partial charge on any atom is 0.231 e. The van der Waals surface area contributed by atoms with Gasteiger partial charge in [0.2, 0.25) is 5.43 Å². The Hall–Kier alpha value is -1.84. The summed E-state index contributed by atoms with van der Waals surface area (Å²) < 4.78 is 1.73. The van der Waals surface area contributed by atoms with E-state index < -0.39 is 0 Å². The summed E-state index contributed by atoms with van der Waals surface area (Å²) in [6.07, 6.45) is 0. The van der Waals surface area contributed by atoms with Gasteiger partial charge in [-0.3, -0.25) is 9.48 Å². The summed E-state index contributed by atoms with van der Waals surface area (Å²) in [5.41, 5.74) is 6.16. The molecule has 1 aromatic heterocycles. The van der Waals surface area contributed by atoms with Gasteiger partial charge in [0.1, 0.15) is 0 Å². The monoisotopic (exact) mass is 189 g/mol. The molecule has 0 atom stereocenters. The second kappa shape index (κ2) is 3.14. The number of hydrogen-bond donors (Lipinski definition) is 1. The number of para-hydroxylation sites is 1. The van der Waals surface area contributed by atoms with Gasteiger partial charge in [0.05, 0.1) is 10.9 Å². The van der Waals surface area contributed by atoms with Crippen LogP contribution in [0.3, 0.4) is 0 Å². The van der Waals surface area contributed by atoms with Crippen LogP contribution in [0.15, 0.2) is 29.1 Å². The van der Waals surface area contributed by atoms with Gasteiger partial charge in [-0.1, -0.05) is 12.1 Å². The van der Waals surface area contributed by atoms with Crippen LogP contribution in [-0.2, 0) is 6.54 Å². The number of fused-ring (bicyclic) bond motifs is 1. The van der Waals surface area contributed by atoms with E-state index in [4.69, 9.17) is 5.73 Å². The Morgan fingerprint density at radius 3 is 2.86 bits per heavy atom. The van der Waals surface area contributed by atoms with Gasteiger partial charge in [0.25, 0.3) is 0 Å². The zero-order valence-electron chi connectivity index (χ0n) is 7.90. The molecule has 0 unspecified atom stereocenters. The van der Waals surface area contributed by atoms with Crippen LogP contribution in [0.25, 0.3) is 10.9 Å².